The second kappa shape index (κ2) is 7.72. The Morgan fingerprint density at radius 2 is 1.95 bits per heavy atom. The summed E-state index contributed by atoms with van der Waals surface area (Å²) in [5.74, 6) is 0. The lowest BCUT2D eigenvalue weighted by molar-refractivity contribution is 0.135. The van der Waals surface area contributed by atoms with Crippen LogP contribution in [0.4, 0.5) is 0 Å². The molecule has 0 aromatic carbocycles. The summed E-state index contributed by atoms with van der Waals surface area (Å²) in [6.45, 7) is 15.8. The molecule has 1 unspecified atom stereocenters. The Kier molecular flexibility index (Phi) is 5.95. The normalized spacial score (nSPS) is 26.9. The van der Waals surface area contributed by atoms with Gasteiger partial charge in [0.1, 0.15) is 0 Å². The number of likely N-dealkylation sites (N-methyl/N-ethyl adjacent to an activating group) is 1. The van der Waals surface area contributed by atoms with E-state index in [1.54, 1.807) is 0 Å². The first-order chi connectivity index (χ1) is 9.74. The first kappa shape index (κ1) is 15.4. The van der Waals surface area contributed by atoms with Crippen molar-refractivity contribution in [1.82, 2.24) is 14.7 Å². The Labute approximate surface area is 123 Å². The van der Waals surface area contributed by atoms with Crippen LogP contribution in [0.15, 0.2) is 29.4 Å². The molecular formula is C16H28N4. The van der Waals surface area contributed by atoms with Crippen LogP contribution in [0.25, 0.3) is 0 Å². The number of rotatable bonds is 6. The van der Waals surface area contributed by atoms with E-state index < -0.39 is 0 Å². The van der Waals surface area contributed by atoms with Gasteiger partial charge < -0.3 is 4.90 Å². The van der Waals surface area contributed by atoms with Crippen LogP contribution in [0.1, 0.15) is 12.8 Å². The molecule has 2 aliphatic rings. The first-order valence-electron chi connectivity index (χ1n) is 7.68. The van der Waals surface area contributed by atoms with Crippen molar-refractivity contribution in [2.45, 2.75) is 18.9 Å². The number of likely N-dealkylation sites (tertiary alicyclic amines) is 1. The van der Waals surface area contributed by atoms with Crippen LogP contribution in [0.3, 0.4) is 0 Å². The van der Waals surface area contributed by atoms with Crippen molar-refractivity contribution >= 4 is 6.72 Å². The van der Waals surface area contributed by atoms with Gasteiger partial charge in [-0.05, 0) is 38.7 Å². The van der Waals surface area contributed by atoms with E-state index in [1.165, 1.54) is 57.7 Å². The predicted molar refractivity (Wildman–Crippen MR) is 86.4 cm³/mol. The van der Waals surface area contributed by atoms with Crippen molar-refractivity contribution in [2.24, 2.45) is 4.99 Å². The third-order valence-electron chi connectivity index (χ3n) is 4.52. The van der Waals surface area contributed by atoms with Crippen LogP contribution < -0.4 is 0 Å². The van der Waals surface area contributed by atoms with Gasteiger partial charge in [0, 0.05) is 51.5 Å². The molecule has 0 N–H and O–H groups in total. The van der Waals surface area contributed by atoms with Gasteiger partial charge in [-0.3, -0.25) is 14.8 Å². The summed E-state index contributed by atoms with van der Waals surface area (Å²) in [6.07, 6.45) is 6.30. The highest BCUT2D eigenvalue weighted by Gasteiger charge is 2.26. The third kappa shape index (κ3) is 4.01. The number of nitrogens with zero attached hydrogens (tertiary/aromatic N) is 4. The van der Waals surface area contributed by atoms with Crippen LogP contribution in [0, 0.1) is 0 Å². The standard InChI is InChI=1S/C16H28N4/c1-4-15(14-17-2)16-6-5-7-20(16)13-12-19-10-8-18(3)9-11-19/h4,14,16H,1-2,5-13H2,3H3/b15-14+. The maximum absolute atomic E-state index is 3.92. The zero-order valence-electron chi connectivity index (χ0n) is 12.8. The lowest BCUT2D eigenvalue weighted by atomic mass is 10.1. The Morgan fingerprint density at radius 1 is 1.20 bits per heavy atom. The number of piperazine rings is 1. The maximum Gasteiger partial charge on any atom is 0.0364 e. The van der Waals surface area contributed by atoms with Gasteiger partial charge >= 0.3 is 0 Å². The predicted octanol–water partition coefficient (Wildman–Crippen LogP) is 1.47. The fourth-order valence-corrected chi connectivity index (χ4v) is 3.19. The molecule has 2 aliphatic heterocycles. The topological polar surface area (TPSA) is 22.1 Å². The molecule has 0 aromatic heterocycles. The van der Waals surface area contributed by atoms with Crippen LogP contribution in [0.2, 0.25) is 0 Å². The van der Waals surface area contributed by atoms with Crippen LogP contribution in [-0.2, 0) is 0 Å². The highest BCUT2D eigenvalue weighted by atomic mass is 15.3. The van der Waals surface area contributed by atoms with Crippen LogP contribution >= 0.6 is 0 Å². The molecular weight excluding hydrogens is 248 g/mol. The molecule has 112 valence electrons. The molecule has 0 saturated carbocycles. The van der Waals surface area contributed by atoms with Gasteiger partial charge in [-0.1, -0.05) is 12.7 Å². The summed E-state index contributed by atoms with van der Waals surface area (Å²) >= 11 is 0. The second-order valence-electron chi connectivity index (χ2n) is 5.85. The van der Waals surface area contributed by atoms with Crippen molar-refractivity contribution in [3.63, 3.8) is 0 Å². The molecule has 4 heteroatoms. The Morgan fingerprint density at radius 3 is 2.60 bits per heavy atom. The molecule has 0 bridgehead atoms. The van der Waals surface area contributed by atoms with Crippen LogP contribution in [-0.4, -0.2) is 80.3 Å². The van der Waals surface area contributed by atoms with E-state index in [2.05, 4.69) is 40.0 Å². The monoisotopic (exact) mass is 276 g/mol. The number of aliphatic imine (C=N–C) groups is 1. The van der Waals surface area contributed by atoms with Gasteiger partial charge in [0.15, 0.2) is 0 Å². The van der Waals surface area contributed by atoms with Crippen molar-refractivity contribution < 1.29 is 0 Å². The number of hydrogen-bond acceptors (Lipinski definition) is 4. The van der Waals surface area contributed by atoms with Crippen LogP contribution in [0.5, 0.6) is 0 Å². The third-order valence-corrected chi connectivity index (χ3v) is 4.52. The fraction of sp³-hybridized carbons (Fsp3) is 0.688. The van der Waals surface area contributed by atoms with Gasteiger partial charge in [-0.25, -0.2) is 0 Å². The summed E-state index contributed by atoms with van der Waals surface area (Å²) < 4.78 is 0. The van der Waals surface area contributed by atoms with E-state index in [0.717, 1.165) is 6.54 Å². The smallest absolute Gasteiger partial charge is 0.0364 e. The summed E-state index contributed by atoms with van der Waals surface area (Å²) in [4.78, 5) is 11.5. The molecule has 0 amide bonds. The van der Waals surface area contributed by atoms with Gasteiger partial charge in [0.25, 0.3) is 0 Å². The van der Waals surface area contributed by atoms with Gasteiger partial charge in [0.2, 0.25) is 0 Å². The van der Waals surface area contributed by atoms with E-state index in [-0.39, 0.29) is 0 Å². The Hall–Kier alpha value is -0.970. The summed E-state index contributed by atoms with van der Waals surface area (Å²) in [6, 6.07) is 0.491. The average molecular weight is 276 g/mol. The van der Waals surface area contributed by atoms with Gasteiger partial charge in [-0.2, -0.15) is 0 Å². The highest BCUT2D eigenvalue weighted by Crippen LogP contribution is 2.24. The maximum atomic E-state index is 3.92. The number of hydrogen-bond donors (Lipinski definition) is 0. The highest BCUT2D eigenvalue weighted by molar-refractivity contribution is 5.31. The summed E-state index contributed by atoms with van der Waals surface area (Å²) in [7, 11) is 2.21. The van der Waals surface area contributed by atoms with Gasteiger partial charge in [-0.15, -0.1) is 0 Å². The summed E-state index contributed by atoms with van der Waals surface area (Å²) in [5.41, 5.74) is 1.22. The molecule has 2 fully saturated rings. The van der Waals surface area contributed by atoms with Crippen molar-refractivity contribution in [1.29, 1.82) is 0 Å². The molecule has 2 saturated heterocycles. The molecule has 0 aliphatic carbocycles. The zero-order chi connectivity index (χ0) is 14.4. The minimum atomic E-state index is 0.491. The summed E-state index contributed by atoms with van der Waals surface area (Å²) in [5, 5.41) is 0. The van der Waals surface area contributed by atoms with E-state index in [0.29, 0.717) is 6.04 Å². The Balaban J connectivity index is 1.83. The quantitative estimate of drug-likeness (QED) is 0.542. The SMILES string of the molecule is C=C/C(=C\N=C)C1CCCN1CCN1CCN(C)CC1. The van der Waals surface area contributed by atoms with Gasteiger partial charge in [0.05, 0.1) is 0 Å². The molecule has 4 nitrogen and oxygen atoms in total. The lowest BCUT2D eigenvalue weighted by Gasteiger charge is -2.34. The lowest BCUT2D eigenvalue weighted by Crippen LogP contribution is -2.47. The molecule has 1 atom stereocenters. The molecule has 2 heterocycles. The largest absolute Gasteiger partial charge is 0.304 e. The van der Waals surface area contributed by atoms with Crippen molar-refractivity contribution in [3.8, 4) is 0 Å². The molecule has 20 heavy (non-hydrogen) atoms. The average Bonchev–Trinajstić information content (AvgIpc) is 2.92. The molecule has 0 radical (unpaired) electrons. The Bertz CT molecular complexity index is 355. The minimum absolute atomic E-state index is 0.491. The molecule has 2 rings (SSSR count). The van der Waals surface area contributed by atoms with E-state index in [1.807, 2.05) is 12.3 Å². The van der Waals surface area contributed by atoms with Crippen molar-refractivity contribution in [3.05, 3.63) is 24.4 Å². The molecule has 0 spiro atoms. The van der Waals surface area contributed by atoms with E-state index in [9.17, 15) is 0 Å². The molecule has 0 aromatic rings. The van der Waals surface area contributed by atoms with E-state index in [4.69, 9.17) is 0 Å². The van der Waals surface area contributed by atoms with Crippen molar-refractivity contribution in [2.75, 3.05) is 52.9 Å². The minimum Gasteiger partial charge on any atom is -0.304 e. The zero-order valence-corrected chi connectivity index (χ0v) is 12.8. The van der Waals surface area contributed by atoms with E-state index >= 15 is 0 Å². The first-order valence-corrected chi connectivity index (χ1v) is 7.68. The second-order valence-corrected chi connectivity index (χ2v) is 5.85. The fourth-order valence-electron chi connectivity index (χ4n) is 3.19.